The summed E-state index contributed by atoms with van der Waals surface area (Å²) in [5, 5.41) is 10.3. The molecule has 1 fully saturated rings. The van der Waals surface area contributed by atoms with Crippen molar-refractivity contribution in [3.05, 3.63) is 40.6 Å². The first kappa shape index (κ1) is 20.6. The van der Waals surface area contributed by atoms with E-state index < -0.39 is 0 Å². The van der Waals surface area contributed by atoms with Gasteiger partial charge in [0.05, 0.1) is 6.20 Å². The number of aldehydes is 1. The molecule has 29 heavy (non-hydrogen) atoms. The highest BCUT2D eigenvalue weighted by Crippen LogP contribution is 2.24. The second-order valence-corrected chi connectivity index (χ2v) is 7.41. The van der Waals surface area contributed by atoms with Crippen molar-refractivity contribution < 1.29 is 14.4 Å². The van der Waals surface area contributed by atoms with Crippen LogP contribution in [0.4, 0.5) is 5.69 Å². The van der Waals surface area contributed by atoms with Crippen molar-refractivity contribution >= 4 is 23.7 Å². The highest BCUT2D eigenvalue weighted by molar-refractivity contribution is 5.91. The summed E-state index contributed by atoms with van der Waals surface area (Å²) in [6, 6.07) is 3.15. The lowest BCUT2D eigenvalue weighted by Gasteiger charge is -2.20. The van der Waals surface area contributed by atoms with Crippen molar-refractivity contribution in [3.63, 3.8) is 0 Å². The van der Waals surface area contributed by atoms with E-state index in [2.05, 4.69) is 15.6 Å². The quantitative estimate of drug-likeness (QED) is 0.508. The summed E-state index contributed by atoms with van der Waals surface area (Å²) in [7, 11) is 0. The SMILES string of the molecule is O=Cc1cn(CCCCn2ccc(NC(=O)CC3CCC(=O)CC3)cc2=O)nn1. The maximum absolute atomic E-state index is 12.3. The van der Waals surface area contributed by atoms with Crippen molar-refractivity contribution in [1.82, 2.24) is 19.6 Å². The number of anilines is 1. The Balaban J connectivity index is 1.43. The first-order valence-electron chi connectivity index (χ1n) is 9.91. The van der Waals surface area contributed by atoms with Crippen LogP contribution in [-0.2, 0) is 22.7 Å². The smallest absolute Gasteiger partial charge is 0.252 e. The van der Waals surface area contributed by atoms with Gasteiger partial charge in [-0.05, 0) is 37.7 Å². The van der Waals surface area contributed by atoms with E-state index in [1.807, 2.05) is 0 Å². The van der Waals surface area contributed by atoms with E-state index in [9.17, 15) is 19.2 Å². The average molecular weight is 399 g/mol. The van der Waals surface area contributed by atoms with E-state index in [-0.39, 0.29) is 23.2 Å². The van der Waals surface area contributed by atoms with Crippen molar-refractivity contribution in [2.75, 3.05) is 5.32 Å². The maximum atomic E-state index is 12.3. The number of carbonyl (C=O) groups excluding carboxylic acids is 3. The van der Waals surface area contributed by atoms with Crippen LogP contribution in [0.3, 0.4) is 0 Å². The van der Waals surface area contributed by atoms with Gasteiger partial charge in [0.2, 0.25) is 5.91 Å². The van der Waals surface area contributed by atoms with Gasteiger partial charge in [0.15, 0.2) is 6.29 Å². The summed E-state index contributed by atoms with van der Waals surface area (Å²) < 4.78 is 3.20. The summed E-state index contributed by atoms with van der Waals surface area (Å²) in [5.41, 5.74) is 0.623. The van der Waals surface area contributed by atoms with Crippen LogP contribution < -0.4 is 10.9 Å². The highest BCUT2D eigenvalue weighted by atomic mass is 16.2. The Morgan fingerprint density at radius 1 is 1.21 bits per heavy atom. The number of pyridine rings is 1. The molecular weight excluding hydrogens is 374 g/mol. The number of Topliss-reactive ketones (excluding diaryl/α,β-unsaturated/α-hetero) is 1. The number of nitrogens with one attached hydrogen (secondary N) is 1. The van der Waals surface area contributed by atoms with E-state index >= 15 is 0 Å². The number of amides is 1. The normalized spacial score (nSPS) is 14.7. The van der Waals surface area contributed by atoms with Crippen LogP contribution in [0.5, 0.6) is 0 Å². The number of hydrogen-bond acceptors (Lipinski definition) is 6. The molecule has 1 aliphatic rings. The van der Waals surface area contributed by atoms with Crippen molar-refractivity contribution in [2.24, 2.45) is 5.92 Å². The minimum absolute atomic E-state index is 0.121. The molecule has 0 radical (unpaired) electrons. The molecule has 9 heteroatoms. The lowest BCUT2D eigenvalue weighted by molar-refractivity contribution is -0.123. The van der Waals surface area contributed by atoms with Gasteiger partial charge in [-0.25, -0.2) is 0 Å². The molecule has 1 amide bonds. The Morgan fingerprint density at radius 3 is 2.66 bits per heavy atom. The second kappa shape index (κ2) is 9.90. The van der Waals surface area contributed by atoms with Gasteiger partial charge in [-0.3, -0.25) is 23.9 Å². The molecule has 154 valence electrons. The Labute approximate surface area is 168 Å². The Morgan fingerprint density at radius 2 is 1.97 bits per heavy atom. The molecular formula is C20H25N5O4. The van der Waals surface area contributed by atoms with Crippen LogP contribution in [0.25, 0.3) is 0 Å². The Kier molecular flexibility index (Phi) is 7.04. The molecule has 0 atom stereocenters. The molecule has 0 unspecified atom stereocenters. The zero-order valence-electron chi connectivity index (χ0n) is 16.2. The second-order valence-electron chi connectivity index (χ2n) is 7.41. The minimum atomic E-state index is -0.171. The monoisotopic (exact) mass is 399 g/mol. The predicted octanol–water partition coefficient (Wildman–Crippen LogP) is 1.82. The number of aryl methyl sites for hydroxylation is 2. The fourth-order valence-corrected chi connectivity index (χ4v) is 3.48. The molecule has 2 aromatic rings. The van der Waals surface area contributed by atoms with Gasteiger partial charge in [0.1, 0.15) is 11.5 Å². The third-order valence-corrected chi connectivity index (χ3v) is 5.13. The van der Waals surface area contributed by atoms with Crippen LogP contribution in [0.2, 0.25) is 0 Å². The van der Waals surface area contributed by atoms with E-state index in [0.29, 0.717) is 50.0 Å². The van der Waals surface area contributed by atoms with Crippen molar-refractivity contribution in [2.45, 2.75) is 58.0 Å². The number of rotatable bonds is 9. The maximum Gasteiger partial charge on any atom is 0.252 e. The van der Waals surface area contributed by atoms with Crippen LogP contribution >= 0.6 is 0 Å². The highest BCUT2D eigenvalue weighted by Gasteiger charge is 2.21. The standard InChI is InChI=1S/C20H25N5O4/c26-14-17-13-25(23-22-17)9-2-1-8-24-10-7-16(12-20(24)29)21-19(28)11-15-3-5-18(27)6-4-15/h7,10,12-15H,1-6,8-9,11H2,(H,21,28). The fourth-order valence-electron chi connectivity index (χ4n) is 3.48. The molecule has 2 aromatic heterocycles. The Bertz CT molecular complexity index is 923. The first-order valence-corrected chi connectivity index (χ1v) is 9.91. The molecule has 0 aromatic carbocycles. The van der Waals surface area contributed by atoms with Crippen LogP contribution in [0.1, 0.15) is 55.4 Å². The van der Waals surface area contributed by atoms with Gasteiger partial charge in [-0.1, -0.05) is 5.21 Å². The zero-order valence-corrected chi connectivity index (χ0v) is 16.2. The number of hydrogen-bond donors (Lipinski definition) is 1. The number of carbonyl (C=O) groups is 3. The summed E-state index contributed by atoms with van der Waals surface area (Å²) in [5.74, 6) is 0.391. The molecule has 1 N–H and O–H groups in total. The number of ketones is 1. The van der Waals surface area contributed by atoms with E-state index in [0.717, 1.165) is 25.7 Å². The zero-order chi connectivity index (χ0) is 20.6. The molecule has 1 aliphatic carbocycles. The summed E-state index contributed by atoms with van der Waals surface area (Å²) in [6.45, 7) is 1.18. The summed E-state index contributed by atoms with van der Waals surface area (Å²) in [6.07, 6.45) is 8.49. The van der Waals surface area contributed by atoms with Gasteiger partial charge in [-0.2, -0.15) is 0 Å². The molecule has 3 rings (SSSR count). The number of unbranched alkanes of at least 4 members (excludes halogenated alkanes) is 1. The van der Waals surface area contributed by atoms with Crippen molar-refractivity contribution in [3.8, 4) is 0 Å². The summed E-state index contributed by atoms with van der Waals surface area (Å²) in [4.78, 5) is 46.3. The van der Waals surface area contributed by atoms with E-state index in [1.54, 1.807) is 27.7 Å². The fraction of sp³-hybridized carbons (Fsp3) is 0.500. The van der Waals surface area contributed by atoms with Crippen LogP contribution in [0.15, 0.2) is 29.3 Å². The first-order chi connectivity index (χ1) is 14.0. The molecule has 0 bridgehead atoms. The van der Waals surface area contributed by atoms with Crippen LogP contribution in [-0.4, -0.2) is 37.5 Å². The van der Waals surface area contributed by atoms with E-state index in [1.165, 1.54) is 6.07 Å². The minimum Gasteiger partial charge on any atom is -0.326 e. The average Bonchev–Trinajstić information content (AvgIpc) is 3.16. The molecule has 1 saturated carbocycles. The molecule has 0 saturated heterocycles. The predicted molar refractivity (Wildman–Crippen MR) is 106 cm³/mol. The molecule has 9 nitrogen and oxygen atoms in total. The third-order valence-electron chi connectivity index (χ3n) is 5.13. The largest absolute Gasteiger partial charge is 0.326 e. The molecule has 2 heterocycles. The van der Waals surface area contributed by atoms with Crippen molar-refractivity contribution in [1.29, 1.82) is 0 Å². The van der Waals surface area contributed by atoms with Gasteiger partial charge in [-0.15, -0.1) is 5.10 Å². The number of nitrogens with zero attached hydrogens (tertiary/aromatic N) is 4. The van der Waals surface area contributed by atoms with E-state index in [4.69, 9.17) is 0 Å². The molecule has 0 aliphatic heterocycles. The van der Waals surface area contributed by atoms with Gasteiger partial charge < -0.3 is 9.88 Å². The Hall–Kier alpha value is -3.10. The lowest BCUT2D eigenvalue weighted by atomic mass is 9.86. The van der Waals surface area contributed by atoms with Crippen LogP contribution in [0, 0.1) is 5.92 Å². The van der Waals surface area contributed by atoms with Gasteiger partial charge in [0, 0.05) is 50.3 Å². The topological polar surface area (TPSA) is 116 Å². The lowest BCUT2D eigenvalue weighted by Crippen LogP contribution is -2.23. The van der Waals surface area contributed by atoms with Gasteiger partial charge in [0.25, 0.3) is 5.56 Å². The molecule has 0 spiro atoms. The van der Waals surface area contributed by atoms with Gasteiger partial charge >= 0.3 is 0 Å². The number of aromatic nitrogens is 4. The third kappa shape index (κ3) is 6.20. The summed E-state index contributed by atoms with van der Waals surface area (Å²) >= 11 is 0.